The SMILES string of the molecule is Cc1cn(CC(=O)NCCCc2nc3ccccc3o2)c(=O)[nH]c1=O. The molecule has 130 valence electrons. The Labute approximate surface area is 142 Å². The third-order valence-electron chi connectivity index (χ3n) is 3.73. The van der Waals surface area contributed by atoms with Crippen molar-refractivity contribution < 1.29 is 9.21 Å². The predicted molar refractivity (Wildman–Crippen MR) is 91.4 cm³/mol. The summed E-state index contributed by atoms with van der Waals surface area (Å²) in [4.78, 5) is 41.4. The summed E-state index contributed by atoms with van der Waals surface area (Å²) in [5, 5.41) is 2.74. The molecule has 1 amide bonds. The number of H-pyrrole nitrogens is 1. The third-order valence-corrected chi connectivity index (χ3v) is 3.73. The molecule has 0 radical (unpaired) electrons. The van der Waals surface area contributed by atoms with Gasteiger partial charge >= 0.3 is 5.69 Å². The zero-order valence-corrected chi connectivity index (χ0v) is 13.7. The highest BCUT2D eigenvalue weighted by Crippen LogP contribution is 2.15. The van der Waals surface area contributed by atoms with Crippen LogP contribution in [0.5, 0.6) is 0 Å². The van der Waals surface area contributed by atoms with Gasteiger partial charge in [-0.15, -0.1) is 0 Å². The minimum atomic E-state index is -0.600. The molecule has 1 aromatic carbocycles. The topological polar surface area (TPSA) is 110 Å². The summed E-state index contributed by atoms with van der Waals surface area (Å²) < 4.78 is 6.78. The van der Waals surface area contributed by atoms with Gasteiger partial charge in [-0.05, 0) is 25.5 Å². The van der Waals surface area contributed by atoms with Gasteiger partial charge in [0.1, 0.15) is 12.1 Å². The van der Waals surface area contributed by atoms with Crippen molar-refractivity contribution in [2.24, 2.45) is 0 Å². The molecular formula is C17H18N4O4. The standard InChI is InChI=1S/C17H18N4O4/c1-11-9-21(17(24)20-16(11)23)10-14(22)18-8-4-7-15-19-12-5-2-3-6-13(12)25-15/h2-3,5-6,9H,4,7-8,10H2,1H3,(H,18,22)(H,20,23,24). The average molecular weight is 342 g/mol. The number of aryl methyl sites for hydroxylation is 2. The molecule has 0 saturated heterocycles. The first-order valence-electron chi connectivity index (χ1n) is 7.94. The molecule has 8 nitrogen and oxygen atoms in total. The molecule has 0 aliphatic carbocycles. The van der Waals surface area contributed by atoms with Crippen LogP contribution in [0.2, 0.25) is 0 Å². The van der Waals surface area contributed by atoms with Gasteiger partial charge in [-0.3, -0.25) is 19.1 Å². The molecule has 3 aromatic rings. The lowest BCUT2D eigenvalue weighted by Gasteiger charge is -2.07. The summed E-state index contributed by atoms with van der Waals surface area (Å²) in [5.74, 6) is 0.328. The van der Waals surface area contributed by atoms with Crippen molar-refractivity contribution in [3.63, 3.8) is 0 Å². The van der Waals surface area contributed by atoms with Crippen LogP contribution in [0, 0.1) is 6.92 Å². The van der Waals surface area contributed by atoms with Crippen molar-refractivity contribution in [1.29, 1.82) is 0 Å². The lowest BCUT2D eigenvalue weighted by Crippen LogP contribution is -2.36. The first-order valence-corrected chi connectivity index (χ1v) is 7.94. The highest BCUT2D eigenvalue weighted by atomic mass is 16.3. The quantitative estimate of drug-likeness (QED) is 0.642. The fraction of sp³-hybridized carbons (Fsp3) is 0.294. The van der Waals surface area contributed by atoms with Crippen LogP contribution in [0.15, 0.2) is 44.5 Å². The van der Waals surface area contributed by atoms with E-state index in [-0.39, 0.29) is 12.5 Å². The van der Waals surface area contributed by atoms with Crippen molar-refractivity contribution in [2.75, 3.05) is 6.54 Å². The molecule has 0 aliphatic rings. The number of aromatic nitrogens is 3. The highest BCUT2D eigenvalue weighted by molar-refractivity contribution is 5.75. The van der Waals surface area contributed by atoms with E-state index in [0.29, 0.717) is 30.8 Å². The lowest BCUT2D eigenvalue weighted by molar-refractivity contribution is -0.121. The number of oxazole rings is 1. The summed E-state index contributed by atoms with van der Waals surface area (Å²) in [6, 6.07) is 7.53. The number of benzene rings is 1. The van der Waals surface area contributed by atoms with E-state index in [4.69, 9.17) is 4.42 Å². The van der Waals surface area contributed by atoms with Gasteiger partial charge in [-0.25, -0.2) is 9.78 Å². The Morgan fingerprint density at radius 1 is 1.32 bits per heavy atom. The van der Waals surface area contributed by atoms with Crippen LogP contribution in [-0.2, 0) is 17.8 Å². The second kappa shape index (κ2) is 7.16. The molecule has 25 heavy (non-hydrogen) atoms. The van der Waals surface area contributed by atoms with Gasteiger partial charge in [0.2, 0.25) is 5.91 Å². The van der Waals surface area contributed by atoms with E-state index in [0.717, 1.165) is 11.1 Å². The molecule has 0 aliphatic heterocycles. The zero-order valence-electron chi connectivity index (χ0n) is 13.7. The second-order valence-corrected chi connectivity index (χ2v) is 5.73. The number of hydrogen-bond donors (Lipinski definition) is 2. The number of rotatable bonds is 6. The number of fused-ring (bicyclic) bond motifs is 1. The van der Waals surface area contributed by atoms with E-state index in [1.165, 1.54) is 10.8 Å². The van der Waals surface area contributed by atoms with Crippen LogP contribution in [0.4, 0.5) is 0 Å². The Morgan fingerprint density at radius 3 is 2.92 bits per heavy atom. The number of carbonyl (C=O) groups is 1. The number of aromatic amines is 1. The molecule has 0 fully saturated rings. The molecule has 8 heteroatoms. The van der Waals surface area contributed by atoms with Crippen molar-refractivity contribution in [3.8, 4) is 0 Å². The maximum absolute atomic E-state index is 11.9. The summed E-state index contributed by atoms with van der Waals surface area (Å²) in [6.07, 6.45) is 2.64. The minimum Gasteiger partial charge on any atom is -0.441 e. The Hall–Kier alpha value is -3.16. The summed E-state index contributed by atoms with van der Waals surface area (Å²) in [5.41, 5.74) is 0.893. The van der Waals surface area contributed by atoms with Crippen molar-refractivity contribution in [1.82, 2.24) is 19.9 Å². The molecule has 2 N–H and O–H groups in total. The van der Waals surface area contributed by atoms with E-state index in [1.54, 1.807) is 6.92 Å². The van der Waals surface area contributed by atoms with E-state index >= 15 is 0 Å². The fourth-order valence-corrected chi connectivity index (χ4v) is 2.44. The Morgan fingerprint density at radius 2 is 2.12 bits per heavy atom. The van der Waals surface area contributed by atoms with Crippen LogP contribution in [0.3, 0.4) is 0 Å². The zero-order chi connectivity index (χ0) is 17.8. The van der Waals surface area contributed by atoms with Crippen molar-refractivity contribution in [3.05, 3.63) is 62.8 Å². The Kier molecular flexibility index (Phi) is 4.78. The average Bonchev–Trinajstić information content (AvgIpc) is 2.99. The maximum atomic E-state index is 11.9. The smallest absolute Gasteiger partial charge is 0.328 e. The number of carbonyl (C=O) groups excluding carboxylic acids is 1. The maximum Gasteiger partial charge on any atom is 0.328 e. The molecule has 0 spiro atoms. The summed E-state index contributed by atoms with van der Waals surface area (Å²) >= 11 is 0. The largest absolute Gasteiger partial charge is 0.441 e. The Bertz CT molecular complexity index is 982. The molecular weight excluding hydrogens is 324 g/mol. The van der Waals surface area contributed by atoms with Gasteiger partial charge in [0.15, 0.2) is 11.5 Å². The third kappa shape index (κ3) is 4.03. The van der Waals surface area contributed by atoms with E-state index < -0.39 is 11.2 Å². The van der Waals surface area contributed by atoms with Crippen LogP contribution in [0.1, 0.15) is 17.9 Å². The Balaban J connectivity index is 1.49. The van der Waals surface area contributed by atoms with Gasteiger partial charge in [-0.1, -0.05) is 12.1 Å². The number of nitrogens with one attached hydrogen (secondary N) is 2. The number of nitrogens with zero attached hydrogens (tertiary/aromatic N) is 2. The van der Waals surface area contributed by atoms with Crippen LogP contribution in [-0.4, -0.2) is 27.0 Å². The van der Waals surface area contributed by atoms with Gasteiger partial charge in [0.25, 0.3) is 5.56 Å². The lowest BCUT2D eigenvalue weighted by atomic mass is 10.3. The van der Waals surface area contributed by atoms with E-state index in [2.05, 4.69) is 15.3 Å². The minimum absolute atomic E-state index is 0.140. The van der Waals surface area contributed by atoms with Crippen molar-refractivity contribution >= 4 is 17.0 Å². The van der Waals surface area contributed by atoms with Crippen LogP contribution < -0.4 is 16.6 Å². The molecule has 0 unspecified atom stereocenters. The van der Waals surface area contributed by atoms with E-state index in [1.807, 2.05) is 24.3 Å². The monoisotopic (exact) mass is 342 g/mol. The fourth-order valence-electron chi connectivity index (χ4n) is 2.44. The van der Waals surface area contributed by atoms with E-state index in [9.17, 15) is 14.4 Å². The molecule has 0 saturated carbocycles. The number of para-hydroxylation sites is 2. The van der Waals surface area contributed by atoms with Gasteiger partial charge in [0, 0.05) is 24.7 Å². The number of amides is 1. The van der Waals surface area contributed by atoms with Crippen LogP contribution in [0.25, 0.3) is 11.1 Å². The first-order chi connectivity index (χ1) is 12.0. The second-order valence-electron chi connectivity index (χ2n) is 5.73. The van der Waals surface area contributed by atoms with Gasteiger partial charge in [0.05, 0.1) is 0 Å². The van der Waals surface area contributed by atoms with Crippen molar-refractivity contribution in [2.45, 2.75) is 26.3 Å². The summed E-state index contributed by atoms with van der Waals surface area (Å²) in [7, 11) is 0. The molecule has 0 atom stereocenters. The molecule has 0 bridgehead atoms. The van der Waals surface area contributed by atoms with Gasteiger partial charge in [-0.2, -0.15) is 0 Å². The highest BCUT2D eigenvalue weighted by Gasteiger charge is 2.08. The van der Waals surface area contributed by atoms with Gasteiger partial charge < -0.3 is 9.73 Å². The van der Waals surface area contributed by atoms with Crippen LogP contribution >= 0.6 is 0 Å². The first kappa shape index (κ1) is 16.7. The summed E-state index contributed by atoms with van der Waals surface area (Å²) in [6.45, 7) is 1.88. The predicted octanol–water partition coefficient (Wildman–Crippen LogP) is 0.735. The molecule has 3 rings (SSSR count). The normalized spacial score (nSPS) is 10.9. The molecule has 2 heterocycles. The molecule has 2 aromatic heterocycles. The number of hydrogen-bond acceptors (Lipinski definition) is 5.